The van der Waals surface area contributed by atoms with E-state index in [1.807, 2.05) is 65.7 Å². The van der Waals surface area contributed by atoms with Gasteiger partial charge in [0.2, 0.25) is 0 Å². The molecular weight excluding hydrogens is 580 g/mol. The first kappa shape index (κ1) is 32.6. The van der Waals surface area contributed by atoms with Gasteiger partial charge in [-0.15, -0.1) is 11.3 Å². The molecule has 2 fully saturated rings. The fraction of sp³-hybridized carbons (Fsp3) is 0.395. The molecule has 1 saturated heterocycles. The number of ether oxygens (including phenoxy) is 1. The normalized spacial score (nSPS) is 17.8. The van der Waals surface area contributed by atoms with E-state index < -0.39 is 6.10 Å². The molecule has 1 aliphatic carbocycles. The third kappa shape index (κ3) is 8.68. The quantitative estimate of drug-likeness (QED) is 0.180. The standard InChI is InChI=1S/C31H36N2O3S.C7H8O/c1-21-20-37-30(32-21)27-15-8-16-33(27)31(36)25-14-7-13-24(18-25)28(34)19-26(17-22-9-3-2-4-10-22)29(35)23-11-5-6-12-23;1-8-7-5-3-2-4-6-7/h2-4,7,9-10,13-14,18,20,23,26-27,29,35H,5-6,8,11-12,15-17,19H2,1H3;2-6H,1H3/t26-,27-,29-;/m1./s1. The number of para-hydroxylation sites is 1. The Balaban J connectivity index is 0.000000436. The van der Waals surface area contributed by atoms with Crippen molar-refractivity contribution >= 4 is 23.0 Å². The molecule has 0 bridgehead atoms. The van der Waals surface area contributed by atoms with Crippen molar-refractivity contribution in [1.82, 2.24) is 9.88 Å². The van der Waals surface area contributed by atoms with Crippen molar-refractivity contribution < 1.29 is 19.4 Å². The zero-order valence-corrected chi connectivity index (χ0v) is 27.1. The third-order valence-corrected chi connectivity index (χ3v) is 10.1. The second-order valence-electron chi connectivity index (χ2n) is 12.2. The number of aliphatic hydroxyl groups excluding tert-OH is 1. The highest BCUT2D eigenvalue weighted by molar-refractivity contribution is 7.09. The average Bonchev–Trinajstić information content (AvgIpc) is 3.88. The molecule has 7 heteroatoms. The minimum absolute atomic E-state index is 0.00219. The zero-order valence-electron chi connectivity index (χ0n) is 26.3. The number of likely N-dealkylation sites (tertiary alicyclic amines) is 1. The van der Waals surface area contributed by atoms with Gasteiger partial charge in [-0.25, -0.2) is 4.98 Å². The molecule has 236 valence electrons. The van der Waals surface area contributed by atoms with Crippen LogP contribution in [0, 0.1) is 18.8 Å². The molecule has 1 aromatic heterocycles. The molecule has 0 unspecified atom stereocenters. The molecule has 6 nitrogen and oxygen atoms in total. The van der Waals surface area contributed by atoms with E-state index in [4.69, 9.17) is 4.74 Å². The summed E-state index contributed by atoms with van der Waals surface area (Å²) >= 11 is 1.61. The highest BCUT2D eigenvalue weighted by atomic mass is 32.1. The highest BCUT2D eigenvalue weighted by Gasteiger charge is 2.34. The Labute approximate surface area is 271 Å². The van der Waals surface area contributed by atoms with E-state index in [1.165, 1.54) is 0 Å². The number of thiazole rings is 1. The van der Waals surface area contributed by atoms with E-state index in [-0.39, 0.29) is 36.0 Å². The number of hydrogen-bond acceptors (Lipinski definition) is 6. The van der Waals surface area contributed by atoms with Crippen LogP contribution in [0.4, 0.5) is 0 Å². The van der Waals surface area contributed by atoms with Crippen LogP contribution in [0.3, 0.4) is 0 Å². The Hall–Kier alpha value is -3.81. The van der Waals surface area contributed by atoms with E-state index in [0.717, 1.165) is 60.5 Å². The number of hydrogen-bond donors (Lipinski definition) is 1. The van der Waals surface area contributed by atoms with Gasteiger partial charge in [0.25, 0.3) is 5.91 Å². The Morgan fingerprint density at radius 2 is 1.62 bits per heavy atom. The molecule has 3 aromatic carbocycles. The third-order valence-electron chi connectivity index (χ3n) is 9.00. The summed E-state index contributed by atoms with van der Waals surface area (Å²) in [5, 5.41) is 14.3. The zero-order chi connectivity index (χ0) is 31.6. The molecule has 45 heavy (non-hydrogen) atoms. The number of aromatic nitrogens is 1. The van der Waals surface area contributed by atoms with Gasteiger partial charge in [-0.1, -0.05) is 73.5 Å². The van der Waals surface area contributed by atoms with Crippen LogP contribution in [-0.4, -0.2) is 46.4 Å². The van der Waals surface area contributed by atoms with Gasteiger partial charge in [0.15, 0.2) is 5.78 Å². The van der Waals surface area contributed by atoms with E-state index in [0.29, 0.717) is 24.1 Å². The molecule has 1 amide bonds. The summed E-state index contributed by atoms with van der Waals surface area (Å²) < 4.78 is 4.91. The molecule has 4 aromatic rings. The summed E-state index contributed by atoms with van der Waals surface area (Å²) in [6, 6.07) is 27.0. The Morgan fingerprint density at radius 3 is 2.27 bits per heavy atom. The smallest absolute Gasteiger partial charge is 0.254 e. The molecule has 0 spiro atoms. The minimum atomic E-state index is -0.497. The number of rotatable bonds is 10. The maximum atomic E-state index is 13.5. The van der Waals surface area contributed by atoms with Crippen molar-refractivity contribution in [2.75, 3.05) is 13.7 Å². The number of methoxy groups -OCH3 is 1. The van der Waals surface area contributed by atoms with Gasteiger partial charge >= 0.3 is 0 Å². The monoisotopic (exact) mass is 624 g/mol. The summed E-state index contributed by atoms with van der Waals surface area (Å²) in [6.07, 6.45) is 6.67. The van der Waals surface area contributed by atoms with E-state index in [1.54, 1.807) is 42.7 Å². The first-order valence-corrected chi connectivity index (χ1v) is 17.0. The van der Waals surface area contributed by atoms with Gasteiger partial charge in [0, 0.05) is 35.2 Å². The number of benzene rings is 3. The summed E-state index contributed by atoms with van der Waals surface area (Å²) in [7, 11) is 1.66. The molecule has 1 N–H and O–H groups in total. The number of ketones is 1. The van der Waals surface area contributed by atoms with Crippen LogP contribution in [0.15, 0.2) is 90.3 Å². The Kier molecular flexibility index (Phi) is 11.6. The number of amides is 1. The summed E-state index contributed by atoms with van der Waals surface area (Å²) in [6.45, 7) is 2.68. The molecule has 1 aliphatic heterocycles. The second kappa shape index (κ2) is 16.0. The van der Waals surface area contributed by atoms with E-state index >= 15 is 0 Å². The summed E-state index contributed by atoms with van der Waals surface area (Å²) in [4.78, 5) is 33.5. The summed E-state index contributed by atoms with van der Waals surface area (Å²) in [5.41, 5.74) is 3.21. The maximum Gasteiger partial charge on any atom is 0.254 e. The van der Waals surface area contributed by atoms with Crippen molar-refractivity contribution in [1.29, 1.82) is 0 Å². The van der Waals surface area contributed by atoms with E-state index in [2.05, 4.69) is 17.1 Å². The predicted molar refractivity (Wildman–Crippen MR) is 180 cm³/mol. The number of aryl methyl sites for hydroxylation is 1. The number of carbonyl (C=O) groups is 2. The first-order chi connectivity index (χ1) is 21.9. The SMILES string of the molecule is COc1ccccc1.Cc1csc([C@H]2CCCN2C(=O)c2cccc(C(=O)C[C@@H](Cc3ccccc3)[C@H](O)C3CCCC3)c2)n1. The fourth-order valence-corrected chi connectivity index (χ4v) is 7.55. The maximum absolute atomic E-state index is 13.5. The lowest BCUT2D eigenvalue weighted by atomic mass is 9.81. The van der Waals surface area contributed by atoms with Crippen LogP contribution in [0.2, 0.25) is 0 Å². The van der Waals surface area contributed by atoms with Crippen LogP contribution in [0.5, 0.6) is 5.75 Å². The lowest BCUT2D eigenvalue weighted by molar-refractivity contribution is 0.0456. The molecule has 2 heterocycles. The van der Waals surface area contributed by atoms with Gasteiger partial charge < -0.3 is 14.7 Å². The van der Waals surface area contributed by atoms with Gasteiger partial charge in [0.05, 0.1) is 19.3 Å². The fourth-order valence-electron chi connectivity index (χ4n) is 6.61. The Morgan fingerprint density at radius 1 is 0.933 bits per heavy atom. The predicted octanol–water partition coefficient (Wildman–Crippen LogP) is 8.11. The molecule has 6 rings (SSSR count). The van der Waals surface area contributed by atoms with Crippen LogP contribution < -0.4 is 4.74 Å². The number of Topliss-reactive ketones (excluding diaryl/α,β-unsaturated/α-hetero) is 1. The molecule has 2 aliphatic rings. The van der Waals surface area contributed by atoms with Crippen LogP contribution >= 0.6 is 11.3 Å². The van der Waals surface area contributed by atoms with E-state index in [9.17, 15) is 14.7 Å². The largest absolute Gasteiger partial charge is 0.497 e. The van der Waals surface area contributed by atoms with Gasteiger partial charge in [-0.2, -0.15) is 0 Å². The van der Waals surface area contributed by atoms with Crippen molar-refractivity contribution in [2.24, 2.45) is 11.8 Å². The van der Waals surface area contributed by atoms with Gasteiger partial charge in [-0.3, -0.25) is 9.59 Å². The average molecular weight is 625 g/mol. The molecule has 0 radical (unpaired) electrons. The van der Waals surface area contributed by atoms with Crippen molar-refractivity contribution in [3.63, 3.8) is 0 Å². The highest BCUT2D eigenvalue weighted by Crippen LogP contribution is 2.36. The topological polar surface area (TPSA) is 79.7 Å². The van der Waals surface area contributed by atoms with Crippen LogP contribution in [-0.2, 0) is 6.42 Å². The van der Waals surface area contributed by atoms with Crippen LogP contribution in [0.1, 0.15) is 88.0 Å². The minimum Gasteiger partial charge on any atom is -0.497 e. The first-order valence-electron chi connectivity index (χ1n) is 16.1. The van der Waals surface area contributed by atoms with Crippen molar-refractivity contribution in [3.8, 4) is 5.75 Å². The lowest BCUT2D eigenvalue weighted by Gasteiger charge is -2.27. The second-order valence-corrected chi connectivity index (χ2v) is 13.1. The summed E-state index contributed by atoms with van der Waals surface area (Å²) in [5.74, 6) is 0.968. The van der Waals surface area contributed by atoms with Crippen molar-refractivity contribution in [3.05, 3.63) is 118 Å². The van der Waals surface area contributed by atoms with Gasteiger partial charge in [0.1, 0.15) is 10.8 Å². The van der Waals surface area contributed by atoms with Crippen molar-refractivity contribution in [2.45, 2.75) is 70.4 Å². The Bertz CT molecular complexity index is 1520. The number of aliphatic hydroxyl groups is 1. The molecule has 1 saturated carbocycles. The molecule has 3 atom stereocenters. The van der Waals surface area contributed by atoms with Crippen LogP contribution in [0.25, 0.3) is 0 Å². The number of carbonyl (C=O) groups excluding carboxylic acids is 2. The lowest BCUT2D eigenvalue weighted by Crippen LogP contribution is -2.31. The van der Waals surface area contributed by atoms with Gasteiger partial charge in [-0.05, 0) is 80.7 Å². The molecular formula is C38H44N2O4S. The number of nitrogens with zero attached hydrogens (tertiary/aromatic N) is 2.